The quantitative estimate of drug-likeness (QED) is 0.690. The van der Waals surface area contributed by atoms with Crippen LogP contribution < -0.4 is 14.8 Å². The maximum atomic E-state index is 12.7. The minimum Gasteiger partial charge on any atom is -0.497 e. The Morgan fingerprint density at radius 2 is 1.92 bits per heavy atom. The molecule has 0 saturated carbocycles. The van der Waals surface area contributed by atoms with Gasteiger partial charge in [0.25, 0.3) is 0 Å². The molecule has 0 aliphatic carbocycles. The lowest BCUT2D eigenvalue weighted by Crippen LogP contribution is -2.33. The van der Waals surface area contributed by atoms with Crippen LogP contribution in [0, 0.1) is 0 Å². The van der Waals surface area contributed by atoms with Crippen molar-refractivity contribution < 1.29 is 14.3 Å². The second kappa shape index (κ2) is 9.38. The third kappa shape index (κ3) is 4.64. The van der Waals surface area contributed by atoms with Crippen LogP contribution in [0.25, 0.3) is 0 Å². The number of para-hydroxylation sites is 1. The number of amides is 2. The first kappa shape index (κ1) is 20.0. The van der Waals surface area contributed by atoms with E-state index in [-0.39, 0.29) is 12.1 Å². The van der Waals surface area contributed by atoms with E-state index in [1.807, 2.05) is 49.4 Å². The molecule has 0 saturated heterocycles. The zero-order valence-electron chi connectivity index (χ0n) is 15.9. The fourth-order valence-corrected chi connectivity index (χ4v) is 3.36. The zero-order valence-corrected chi connectivity index (χ0v) is 16.7. The van der Waals surface area contributed by atoms with Crippen molar-refractivity contribution in [2.24, 2.45) is 0 Å². The van der Waals surface area contributed by atoms with Gasteiger partial charge in [0.05, 0.1) is 25.9 Å². The number of hydrogen-bond donors (Lipinski definition) is 1. The number of benzene rings is 2. The van der Waals surface area contributed by atoms with Crippen LogP contribution in [-0.2, 0) is 0 Å². The van der Waals surface area contributed by atoms with E-state index in [0.717, 1.165) is 27.6 Å². The minimum absolute atomic E-state index is 0.165. The Morgan fingerprint density at radius 1 is 1.19 bits per heavy atom. The molecule has 2 amide bonds. The molecule has 0 aliphatic heterocycles. The first-order valence-corrected chi connectivity index (χ1v) is 9.47. The van der Waals surface area contributed by atoms with Gasteiger partial charge in [0.1, 0.15) is 11.5 Å². The number of rotatable bonds is 7. The van der Waals surface area contributed by atoms with Crippen LogP contribution in [0.15, 0.2) is 47.4 Å². The van der Waals surface area contributed by atoms with Crippen molar-refractivity contribution in [3.05, 3.63) is 48.0 Å². The van der Waals surface area contributed by atoms with Crippen molar-refractivity contribution in [3.63, 3.8) is 0 Å². The molecule has 26 heavy (non-hydrogen) atoms. The predicted octanol–water partition coefficient (Wildman–Crippen LogP) is 5.04. The number of urea groups is 1. The summed E-state index contributed by atoms with van der Waals surface area (Å²) in [7, 11) is 5.01. The number of carbonyl (C=O) groups is 1. The second-order valence-corrected chi connectivity index (χ2v) is 7.06. The summed E-state index contributed by atoms with van der Waals surface area (Å²) < 4.78 is 10.7. The summed E-state index contributed by atoms with van der Waals surface area (Å²) in [5, 5.41) is 3.01. The van der Waals surface area contributed by atoms with Gasteiger partial charge >= 0.3 is 6.03 Å². The maximum absolute atomic E-state index is 12.7. The standard InChI is InChI=1S/C20H26N2O3S/c1-6-26-19-10-8-7-9-17(19)21-20(23)22(3)14(2)16-12-11-15(24-4)13-18(16)25-5/h7-14H,6H2,1-5H3,(H,21,23)/t14-/m0/s1. The zero-order chi connectivity index (χ0) is 19.1. The lowest BCUT2D eigenvalue weighted by Gasteiger charge is -2.27. The number of thioether (sulfide) groups is 1. The molecule has 0 radical (unpaired) electrons. The molecule has 2 aromatic rings. The topological polar surface area (TPSA) is 50.8 Å². The molecular weight excluding hydrogens is 348 g/mol. The normalized spacial score (nSPS) is 11.6. The number of carbonyl (C=O) groups excluding carboxylic acids is 1. The predicted molar refractivity (Wildman–Crippen MR) is 108 cm³/mol. The number of hydrogen-bond acceptors (Lipinski definition) is 4. The third-order valence-corrected chi connectivity index (χ3v) is 5.18. The van der Waals surface area contributed by atoms with Gasteiger partial charge < -0.3 is 19.7 Å². The summed E-state index contributed by atoms with van der Waals surface area (Å²) in [5.74, 6) is 2.36. The Balaban J connectivity index is 2.18. The van der Waals surface area contributed by atoms with Gasteiger partial charge in [-0.15, -0.1) is 11.8 Å². The van der Waals surface area contributed by atoms with Gasteiger partial charge in [-0.1, -0.05) is 19.1 Å². The van der Waals surface area contributed by atoms with Crippen LogP contribution in [0.1, 0.15) is 25.5 Å². The van der Waals surface area contributed by atoms with Gasteiger partial charge in [-0.25, -0.2) is 4.79 Å². The van der Waals surface area contributed by atoms with E-state index in [4.69, 9.17) is 9.47 Å². The van der Waals surface area contributed by atoms with E-state index >= 15 is 0 Å². The highest BCUT2D eigenvalue weighted by molar-refractivity contribution is 7.99. The molecule has 0 spiro atoms. The molecule has 1 atom stereocenters. The second-order valence-electron chi connectivity index (χ2n) is 5.75. The lowest BCUT2D eigenvalue weighted by molar-refractivity contribution is 0.207. The van der Waals surface area contributed by atoms with E-state index in [1.54, 1.807) is 37.9 Å². The van der Waals surface area contributed by atoms with E-state index in [1.165, 1.54) is 0 Å². The molecule has 0 unspecified atom stereocenters. The summed E-state index contributed by atoms with van der Waals surface area (Å²) in [6, 6.07) is 13.1. The van der Waals surface area contributed by atoms with Crippen LogP contribution in [-0.4, -0.2) is 38.0 Å². The Kier molecular flexibility index (Phi) is 7.21. The summed E-state index contributed by atoms with van der Waals surface area (Å²) in [6.07, 6.45) is 0. The number of ether oxygens (including phenoxy) is 2. The Hall–Kier alpha value is -2.34. The van der Waals surface area contributed by atoms with Gasteiger partial charge in [-0.05, 0) is 36.9 Å². The first-order chi connectivity index (χ1) is 12.5. The van der Waals surface area contributed by atoms with Crippen LogP contribution in [0.5, 0.6) is 11.5 Å². The average Bonchev–Trinajstić information content (AvgIpc) is 2.67. The molecule has 2 aromatic carbocycles. The number of methoxy groups -OCH3 is 2. The minimum atomic E-state index is -0.167. The van der Waals surface area contributed by atoms with Crippen molar-refractivity contribution in [1.29, 1.82) is 0 Å². The van der Waals surface area contributed by atoms with Crippen LogP contribution in [0.3, 0.4) is 0 Å². The molecule has 6 heteroatoms. The van der Waals surface area contributed by atoms with Crippen LogP contribution >= 0.6 is 11.8 Å². The van der Waals surface area contributed by atoms with Gasteiger partial charge in [-0.2, -0.15) is 0 Å². The summed E-state index contributed by atoms with van der Waals surface area (Å²) >= 11 is 1.70. The van der Waals surface area contributed by atoms with Gasteiger partial charge in [0, 0.05) is 23.6 Å². The fraction of sp³-hybridized carbons (Fsp3) is 0.350. The smallest absolute Gasteiger partial charge is 0.322 e. The SMILES string of the molecule is CCSc1ccccc1NC(=O)N(C)[C@@H](C)c1ccc(OC)cc1OC. The molecule has 0 bridgehead atoms. The average molecular weight is 375 g/mol. The summed E-state index contributed by atoms with van der Waals surface area (Å²) in [5.41, 5.74) is 1.74. The molecule has 2 rings (SSSR count). The summed E-state index contributed by atoms with van der Waals surface area (Å²) in [4.78, 5) is 15.5. The largest absolute Gasteiger partial charge is 0.497 e. The van der Waals surface area contributed by atoms with E-state index in [9.17, 15) is 4.79 Å². The van der Waals surface area contributed by atoms with E-state index < -0.39 is 0 Å². The van der Waals surface area contributed by atoms with Crippen molar-refractivity contribution in [3.8, 4) is 11.5 Å². The van der Waals surface area contributed by atoms with E-state index in [0.29, 0.717) is 5.75 Å². The number of nitrogens with one attached hydrogen (secondary N) is 1. The van der Waals surface area contributed by atoms with Gasteiger partial charge in [0.15, 0.2) is 0 Å². The molecule has 5 nitrogen and oxygen atoms in total. The number of nitrogens with zero attached hydrogens (tertiary/aromatic N) is 1. The lowest BCUT2D eigenvalue weighted by atomic mass is 10.1. The highest BCUT2D eigenvalue weighted by Crippen LogP contribution is 2.33. The summed E-state index contributed by atoms with van der Waals surface area (Å²) in [6.45, 7) is 4.06. The molecule has 0 aliphatic rings. The molecule has 1 N–H and O–H groups in total. The highest BCUT2D eigenvalue weighted by atomic mass is 32.2. The molecule has 0 aromatic heterocycles. The van der Waals surface area contributed by atoms with Crippen molar-refractivity contribution in [1.82, 2.24) is 4.90 Å². The van der Waals surface area contributed by atoms with Crippen LogP contribution in [0.4, 0.5) is 10.5 Å². The molecule has 0 fully saturated rings. The van der Waals surface area contributed by atoms with Gasteiger partial charge in [0.2, 0.25) is 0 Å². The molecule has 140 valence electrons. The van der Waals surface area contributed by atoms with Crippen molar-refractivity contribution in [2.45, 2.75) is 24.8 Å². The van der Waals surface area contributed by atoms with Crippen molar-refractivity contribution in [2.75, 3.05) is 32.3 Å². The molecule has 0 heterocycles. The maximum Gasteiger partial charge on any atom is 0.322 e. The molecular formula is C20H26N2O3S. The fourth-order valence-electron chi connectivity index (χ4n) is 2.60. The third-order valence-electron chi connectivity index (χ3n) is 4.22. The highest BCUT2D eigenvalue weighted by Gasteiger charge is 2.21. The van der Waals surface area contributed by atoms with E-state index in [2.05, 4.69) is 12.2 Å². The van der Waals surface area contributed by atoms with Gasteiger partial charge in [-0.3, -0.25) is 0 Å². The first-order valence-electron chi connectivity index (χ1n) is 8.49. The van der Waals surface area contributed by atoms with Crippen LogP contribution in [0.2, 0.25) is 0 Å². The Bertz CT molecular complexity index is 752. The number of anilines is 1. The monoisotopic (exact) mass is 374 g/mol. The Morgan fingerprint density at radius 3 is 2.58 bits per heavy atom. The Labute approximate surface area is 159 Å². The van der Waals surface area contributed by atoms with Crippen molar-refractivity contribution >= 4 is 23.5 Å².